The number of Topliss-reactive ketones (excluding diaryl/α,β-unsaturated/α-hetero) is 1. The number of nitriles is 2. The number of nitrogens with zero attached hydrogens (tertiary/aromatic N) is 2. The Labute approximate surface area is 90.7 Å². The summed E-state index contributed by atoms with van der Waals surface area (Å²) >= 11 is 0. The van der Waals surface area contributed by atoms with Crippen molar-refractivity contribution in [1.82, 2.24) is 0 Å². The van der Waals surface area contributed by atoms with E-state index in [-0.39, 0.29) is 5.78 Å². The van der Waals surface area contributed by atoms with Gasteiger partial charge in [0.05, 0.1) is 12.1 Å². The summed E-state index contributed by atoms with van der Waals surface area (Å²) in [5, 5.41) is 17.2. The molecule has 0 aromatic rings. The van der Waals surface area contributed by atoms with Crippen LogP contribution in [-0.2, 0) is 4.79 Å². The van der Waals surface area contributed by atoms with Gasteiger partial charge in [0.1, 0.15) is 0 Å². The summed E-state index contributed by atoms with van der Waals surface area (Å²) < 4.78 is 0. The molecule has 1 fully saturated rings. The van der Waals surface area contributed by atoms with Gasteiger partial charge in [0, 0.05) is 6.42 Å². The van der Waals surface area contributed by atoms with Crippen LogP contribution in [0.4, 0.5) is 0 Å². The molecule has 1 aliphatic carbocycles. The van der Waals surface area contributed by atoms with Crippen molar-refractivity contribution >= 4 is 5.78 Å². The van der Waals surface area contributed by atoms with Crippen molar-refractivity contribution in [3.63, 3.8) is 0 Å². The van der Waals surface area contributed by atoms with Crippen molar-refractivity contribution in [2.24, 2.45) is 11.8 Å². The molecule has 15 heavy (non-hydrogen) atoms. The van der Waals surface area contributed by atoms with E-state index in [9.17, 15) is 4.79 Å². The predicted molar refractivity (Wildman–Crippen MR) is 55.5 cm³/mol. The van der Waals surface area contributed by atoms with Crippen LogP contribution < -0.4 is 0 Å². The van der Waals surface area contributed by atoms with Crippen LogP contribution >= 0.6 is 0 Å². The van der Waals surface area contributed by atoms with Crippen LogP contribution in [0.15, 0.2) is 0 Å². The molecule has 0 aliphatic heterocycles. The van der Waals surface area contributed by atoms with Crippen LogP contribution in [0.2, 0.25) is 0 Å². The maximum absolute atomic E-state index is 11.5. The van der Waals surface area contributed by atoms with Crippen LogP contribution in [0.25, 0.3) is 0 Å². The Morgan fingerprint density at radius 2 is 1.67 bits per heavy atom. The van der Waals surface area contributed by atoms with Gasteiger partial charge in [-0.3, -0.25) is 4.79 Å². The summed E-state index contributed by atoms with van der Waals surface area (Å²) in [6, 6.07) is 3.49. The molecule has 0 heterocycles. The van der Waals surface area contributed by atoms with E-state index in [2.05, 4.69) is 0 Å². The number of hydrogen-bond donors (Lipinski definition) is 0. The molecule has 0 radical (unpaired) electrons. The molecule has 3 heteroatoms. The smallest absolute Gasteiger partial charge is 0.191 e. The highest BCUT2D eigenvalue weighted by Gasteiger charge is 2.22. The molecule has 1 aliphatic rings. The predicted octanol–water partition coefficient (Wildman–Crippen LogP) is 2.58. The minimum Gasteiger partial charge on any atom is -0.297 e. The first-order chi connectivity index (χ1) is 7.27. The Morgan fingerprint density at radius 1 is 1.13 bits per heavy atom. The zero-order chi connectivity index (χ0) is 11.1. The van der Waals surface area contributed by atoms with Crippen molar-refractivity contribution in [3.05, 3.63) is 0 Å². The van der Waals surface area contributed by atoms with Crippen molar-refractivity contribution in [3.8, 4) is 12.1 Å². The van der Waals surface area contributed by atoms with E-state index < -0.39 is 5.92 Å². The van der Waals surface area contributed by atoms with Crippen LogP contribution in [0.1, 0.15) is 44.9 Å². The first-order valence-corrected chi connectivity index (χ1v) is 5.60. The largest absolute Gasteiger partial charge is 0.297 e. The molecule has 0 amide bonds. The van der Waals surface area contributed by atoms with Gasteiger partial charge in [-0.15, -0.1) is 0 Å². The molecule has 0 spiro atoms. The van der Waals surface area contributed by atoms with E-state index in [1.54, 1.807) is 12.1 Å². The minimum absolute atomic E-state index is 0.188. The molecule has 3 nitrogen and oxygen atoms in total. The average molecular weight is 204 g/mol. The lowest BCUT2D eigenvalue weighted by Gasteiger charge is -2.12. The number of carbonyl (C=O) groups is 1. The third-order valence-electron chi connectivity index (χ3n) is 3.04. The Balaban J connectivity index is 2.43. The number of hydrogen-bond acceptors (Lipinski definition) is 3. The van der Waals surface area contributed by atoms with Crippen LogP contribution in [0.5, 0.6) is 0 Å². The highest BCUT2D eigenvalue weighted by molar-refractivity contribution is 5.85. The molecule has 1 rings (SSSR count). The molecular weight excluding hydrogens is 188 g/mol. The fourth-order valence-corrected chi connectivity index (χ4v) is 2.14. The Hall–Kier alpha value is -1.35. The van der Waals surface area contributed by atoms with Crippen molar-refractivity contribution in [2.45, 2.75) is 44.9 Å². The zero-order valence-electron chi connectivity index (χ0n) is 8.91. The first kappa shape index (κ1) is 11.7. The van der Waals surface area contributed by atoms with Crippen LogP contribution in [0.3, 0.4) is 0 Å². The lowest BCUT2D eigenvalue weighted by Crippen LogP contribution is -2.15. The van der Waals surface area contributed by atoms with E-state index >= 15 is 0 Å². The molecule has 80 valence electrons. The highest BCUT2D eigenvalue weighted by atomic mass is 16.1. The molecule has 0 atom stereocenters. The van der Waals surface area contributed by atoms with E-state index in [1.165, 1.54) is 25.7 Å². The van der Waals surface area contributed by atoms with E-state index in [0.717, 1.165) is 12.8 Å². The van der Waals surface area contributed by atoms with Gasteiger partial charge in [-0.1, -0.05) is 38.5 Å². The monoisotopic (exact) mass is 204 g/mol. The highest BCUT2D eigenvalue weighted by Crippen LogP contribution is 2.26. The molecule has 0 aromatic heterocycles. The second-order valence-corrected chi connectivity index (χ2v) is 4.22. The molecule has 0 bridgehead atoms. The van der Waals surface area contributed by atoms with Gasteiger partial charge in [-0.2, -0.15) is 10.5 Å². The van der Waals surface area contributed by atoms with Crippen molar-refractivity contribution < 1.29 is 4.79 Å². The fourth-order valence-electron chi connectivity index (χ4n) is 2.14. The van der Waals surface area contributed by atoms with Crippen LogP contribution in [0, 0.1) is 34.5 Å². The van der Waals surface area contributed by atoms with Gasteiger partial charge >= 0.3 is 0 Å². The van der Waals surface area contributed by atoms with E-state index in [4.69, 9.17) is 10.5 Å². The second kappa shape index (κ2) is 6.19. The zero-order valence-corrected chi connectivity index (χ0v) is 8.91. The maximum atomic E-state index is 11.5. The molecule has 1 saturated carbocycles. The summed E-state index contributed by atoms with van der Waals surface area (Å²) in [6.07, 6.45) is 7.45. The minimum atomic E-state index is -1.05. The summed E-state index contributed by atoms with van der Waals surface area (Å²) in [7, 11) is 0. The third-order valence-corrected chi connectivity index (χ3v) is 3.04. The number of carbonyl (C=O) groups excluding carboxylic acids is 1. The first-order valence-electron chi connectivity index (χ1n) is 5.60. The molecule has 0 saturated heterocycles. The third kappa shape index (κ3) is 3.72. The van der Waals surface area contributed by atoms with Gasteiger partial charge in [0.15, 0.2) is 11.7 Å². The normalized spacial score (nSPS) is 17.8. The lowest BCUT2D eigenvalue weighted by atomic mass is 9.90. The standard InChI is InChI=1S/C12H16N2O/c13-8-11(9-14)12(15)7-10-5-3-1-2-4-6-10/h10-11H,1-7H2. The quantitative estimate of drug-likeness (QED) is 0.663. The average Bonchev–Trinajstić information content (AvgIpc) is 2.48. The Bertz CT molecular complexity index is 276. The van der Waals surface area contributed by atoms with E-state index in [1.807, 2.05) is 0 Å². The van der Waals surface area contributed by atoms with Gasteiger partial charge < -0.3 is 0 Å². The van der Waals surface area contributed by atoms with Crippen molar-refractivity contribution in [1.29, 1.82) is 10.5 Å². The Morgan fingerprint density at radius 3 is 2.13 bits per heavy atom. The van der Waals surface area contributed by atoms with Gasteiger partial charge in [-0.05, 0) is 5.92 Å². The summed E-state index contributed by atoms with van der Waals surface area (Å²) in [6.45, 7) is 0. The summed E-state index contributed by atoms with van der Waals surface area (Å²) in [5.41, 5.74) is 0. The lowest BCUT2D eigenvalue weighted by molar-refractivity contribution is -0.121. The maximum Gasteiger partial charge on any atom is 0.191 e. The Kier molecular flexibility index (Phi) is 4.84. The van der Waals surface area contributed by atoms with Gasteiger partial charge in [0.2, 0.25) is 0 Å². The SMILES string of the molecule is N#CC(C#N)C(=O)CC1CCCCCC1. The summed E-state index contributed by atoms with van der Waals surface area (Å²) in [5.74, 6) is -0.829. The summed E-state index contributed by atoms with van der Waals surface area (Å²) in [4.78, 5) is 11.5. The molecular formula is C12H16N2O. The van der Waals surface area contributed by atoms with Crippen LogP contribution in [-0.4, -0.2) is 5.78 Å². The van der Waals surface area contributed by atoms with Crippen molar-refractivity contribution in [2.75, 3.05) is 0 Å². The number of rotatable bonds is 3. The molecule has 0 unspecified atom stereocenters. The fraction of sp³-hybridized carbons (Fsp3) is 0.750. The van der Waals surface area contributed by atoms with Gasteiger partial charge in [-0.25, -0.2) is 0 Å². The van der Waals surface area contributed by atoms with Gasteiger partial charge in [0.25, 0.3) is 0 Å². The second-order valence-electron chi connectivity index (χ2n) is 4.22. The molecule has 0 aromatic carbocycles. The number of ketones is 1. The van der Waals surface area contributed by atoms with E-state index in [0.29, 0.717) is 12.3 Å². The topological polar surface area (TPSA) is 64.7 Å². The molecule has 0 N–H and O–H groups in total.